The topological polar surface area (TPSA) is 51.6 Å². The molecule has 0 spiro atoms. The Bertz CT molecular complexity index is 466. The number of aromatic nitrogens is 4. The molecule has 0 aliphatic rings. The van der Waals surface area contributed by atoms with Crippen molar-refractivity contribution in [1.29, 1.82) is 0 Å². The van der Waals surface area contributed by atoms with Crippen LogP contribution in [-0.2, 0) is 6.18 Å². The van der Waals surface area contributed by atoms with Crippen molar-refractivity contribution in [1.82, 2.24) is 20.4 Å². The SMILES string of the molecule is FC(F)(F)c1nnc(-c2ccccc2)nn1. The van der Waals surface area contributed by atoms with Crippen molar-refractivity contribution in [3.8, 4) is 11.4 Å². The van der Waals surface area contributed by atoms with E-state index in [-0.39, 0.29) is 5.82 Å². The van der Waals surface area contributed by atoms with Crippen LogP contribution in [0, 0.1) is 0 Å². The minimum Gasteiger partial charge on any atom is -0.163 e. The van der Waals surface area contributed by atoms with Crippen LogP contribution < -0.4 is 0 Å². The highest BCUT2D eigenvalue weighted by atomic mass is 19.4. The fraction of sp³-hybridized carbons (Fsp3) is 0.111. The fourth-order valence-electron chi connectivity index (χ4n) is 1.05. The van der Waals surface area contributed by atoms with Crippen molar-refractivity contribution in [2.45, 2.75) is 6.18 Å². The summed E-state index contributed by atoms with van der Waals surface area (Å²) in [6.45, 7) is 0. The summed E-state index contributed by atoms with van der Waals surface area (Å²) in [6.07, 6.45) is -4.62. The molecule has 0 saturated carbocycles. The summed E-state index contributed by atoms with van der Waals surface area (Å²) in [5.41, 5.74) is 0.566. The molecular weight excluding hydrogens is 221 g/mol. The van der Waals surface area contributed by atoms with E-state index >= 15 is 0 Å². The van der Waals surface area contributed by atoms with Gasteiger partial charge in [0.05, 0.1) is 0 Å². The van der Waals surface area contributed by atoms with Gasteiger partial charge in [-0.2, -0.15) is 13.2 Å². The zero-order chi connectivity index (χ0) is 11.6. The van der Waals surface area contributed by atoms with Gasteiger partial charge in [-0.15, -0.1) is 20.4 Å². The Balaban J connectivity index is 2.34. The van der Waals surface area contributed by atoms with Gasteiger partial charge in [0.15, 0.2) is 0 Å². The Labute approximate surface area is 88.2 Å². The summed E-state index contributed by atoms with van der Waals surface area (Å²) in [6, 6.07) is 8.53. The first-order chi connectivity index (χ1) is 7.57. The quantitative estimate of drug-likeness (QED) is 0.745. The molecule has 0 fully saturated rings. The lowest BCUT2D eigenvalue weighted by molar-refractivity contribution is -0.146. The highest BCUT2D eigenvalue weighted by molar-refractivity contribution is 5.52. The first-order valence-electron chi connectivity index (χ1n) is 4.27. The summed E-state index contributed by atoms with van der Waals surface area (Å²) in [7, 11) is 0. The number of benzene rings is 1. The highest BCUT2D eigenvalue weighted by Gasteiger charge is 2.35. The molecule has 2 aromatic rings. The highest BCUT2D eigenvalue weighted by Crippen LogP contribution is 2.25. The maximum Gasteiger partial charge on any atom is 0.455 e. The third-order valence-electron chi connectivity index (χ3n) is 1.76. The molecule has 0 radical (unpaired) electrons. The molecule has 0 amide bonds. The zero-order valence-electron chi connectivity index (χ0n) is 7.81. The van der Waals surface area contributed by atoms with Gasteiger partial charge in [0.1, 0.15) is 0 Å². The molecule has 0 N–H and O–H groups in total. The van der Waals surface area contributed by atoms with Crippen LogP contribution in [0.3, 0.4) is 0 Å². The molecule has 82 valence electrons. The Kier molecular flexibility index (Phi) is 2.51. The normalized spacial score (nSPS) is 11.4. The number of halogens is 3. The van der Waals surface area contributed by atoms with Gasteiger partial charge in [0.25, 0.3) is 5.82 Å². The fourth-order valence-corrected chi connectivity index (χ4v) is 1.05. The summed E-state index contributed by atoms with van der Waals surface area (Å²) in [5, 5.41) is 12.7. The van der Waals surface area contributed by atoms with Gasteiger partial charge in [0.2, 0.25) is 5.82 Å². The third kappa shape index (κ3) is 2.13. The molecule has 16 heavy (non-hydrogen) atoms. The molecule has 0 saturated heterocycles. The lowest BCUT2D eigenvalue weighted by Gasteiger charge is -2.02. The summed E-state index contributed by atoms with van der Waals surface area (Å²) in [4.78, 5) is 0. The van der Waals surface area contributed by atoms with E-state index in [2.05, 4.69) is 20.4 Å². The van der Waals surface area contributed by atoms with Crippen molar-refractivity contribution in [3.63, 3.8) is 0 Å². The molecule has 7 heteroatoms. The van der Waals surface area contributed by atoms with E-state index in [1.807, 2.05) is 0 Å². The van der Waals surface area contributed by atoms with Crippen LogP contribution in [0.4, 0.5) is 13.2 Å². The first kappa shape index (κ1) is 10.5. The molecule has 2 rings (SSSR count). The van der Waals surface area contributed by atoms with Crippen molar-refractivity contribution in [2.75, 3.05) is 0 Å². The van der Waals surface area contributed by atoms with E-state index in [4.69, 9.17) is 0 Å². The molecule has 0 aliphatic carbocycles. The monoisotopic (exact) mass is 226 g/mol. The van der Waals surface area contributed by atoms with E-state index in [1.54, 1.807) is 30.3 Å². The van der Waals surface area contributed by atoms with Gasteiger partial charge in [-0.05, 0) is 0 Å². The van der Waals surface area contributed by atoms with Crippen LogP contribution in [0.25, 0.3) is 11.4 Å². The average molecular weight is 226 g/mol. The minimum atomic E-state index is -4.62. The van der Waals surface area contributed by atoms with E-state index in [0.29, 0.717) is 5.56 Å². The minimum absolute atomic E-state index is 0.0635. The predicted octanol–water partition coefficient (Wildman–Crippen LogP) is 1.95. The van der Waals surface area contributed by atoms with Crippen LogP contribution in [0.2, 0.25) is 0 Å². The van der Waals surface area contributed by atoms with Crippen LogP contribution in [0.5, 0.6) is 0 Å². The van der Waals surface area contributed by atoms with Gasteiger partial charge in [-0.25, -0.2) is 0 Å². The van der Waals surface area contributed by atoms with Crippen LogP contribution in [0.1, 0.15) is 5.82 Å². The smallest absolute Gasteiger partial charge is 0.163 e. The molecule has 0 unspecified atom stereocenters. The van der Waals surface area contributed by atoms with Crippen LogP contribution >= 0.6 is 0 Å². The standard InChI is InChI=1S/C9H5F3N4/c10-9(11,12)8-15-13-7(14-16-8)6-4-2-1-3-5-6/h1-5H. The number of nitrogens with zero attached hydrogens (tertiary/aromatic N) is 4. The molecule has 0 atom stereocenters. The van der Waals surface area contributed by atoms with Gasteiger partial charge in [0, 0.05) is 5.56 Å². The molecule has 0 bridgehead atoms. The van der Waals surface area contributed by atoms with Crippen molar-refractivity contribution in [3.05, 3.63) is 36.2 Å². The first-order valence-corrected chi connectivity index (χ1v) is 4.27. The second-order valence-corrected chi connectivity index (χ2v) is 2.91. The van der Waals surface area contributed by atoms with E-state index in [9.17, 15) is 13.2 Å². The largest absolute Gasteiger partial charge is 0.455 e. The molecule has 4 nitrogen and oxygen atoms in total. The third-order valence-corrected chi connectivity index (χ3v) is 1.76. The second-order valence-electron chi connectivity index (χ2n) is 2.91. The Morgan fingerprint density at radius 1 is 0.812 bits per heavy atom. The number of hydrogen-bond acceptors (Lipinski definition) is 4. The zero-order valence-corrected chi connectivity index (χ0v) is 7.81. The van der Waals surface area contributed by atoms with Crippen molar-refractivity contribution < 1.29 is 13.2 Å². The van der Waals surface area contributed by atoms with Gasteiger partial charge in [-0.1, -0.05) is 30.3 Å². The molecule has 1 heterocycles. The number of hydrogen-bond donors (Lipinski definition) is 0. The average Bonchev–Trinajstić information content (AvgIpc) is 2.29. The number of alkyl halides is 3. The summed E-state index contributed by atoms with van der Waals surface area (Å²) >= 11 is 0. The van der Waals surface area contributed by atoms with Gasteiger partial charge < -0.3 is 0 Å². The van der Waals surface area contributed by atoms with Crippen LogP contribution in [0.15, 0.2) is 30.3 Å². The van der Waals surface area contributed by atoms with E-state index < -0.39 is 12.0 Å². The predicted molar refractivity (Wildman–Crippen MR) is 48.1 cm³/mol. The molecule has 1 aromatic carbocycles. The Hall–Kier alpha value is -2.05. The summed E-state index contributed by atoms with van der Waals surface area (Å²) in [5.74, 6) is -1.28. The lowest BCUT2D eigenvalue weighted by Crippen LogP contribution is -2.13. The van der Waals surface area contributed by atoms with E-state index in [0.717, 1.165) is 0 Å². The van der Waals surface area contributed by atoms with Gasteiger partial charge >= 0.3 is 6.18 Å². The van der Waals surface area contributed by atoms with Crippen LogP contribution in [-0.4, -0.2) is 20.4 Å². The second kappa shape index (κ2) is 3.84. The molecule has 1 aromatic heterocycles. The maximum atomic E-state index is 12.1. The molecular formula is C9H5F3N4. The van der Waals surface area contributed by atoms with Crippen molar-refractivity contribution >= 4 is 0 Å². The summed E-state index contributed by atoms with van der Waals surface area (Å²) < 4.78 is 36.4. The Morgan fingerprint density at radius 3 is 1.88 bits per heavy atom. The maximum absolute atomic E-state index is 12.1. The van der Waals surface area contributed by atoms with E-state index in [1.165, 1.54) is 0 Å². The van der Waals surface area contributed by atoms with Crippen molar-refractivity contribution in [2.24, 2.45) is 0 Å². The van der Waals surface area contributed by atoms with Gasteiger partial charge in [-0.3, -0.25) is 0 Å². The Morgan fingerprint density at radius 2 is 1.38 bits per heavy atom. The lowest BCUT2D eigenvalue weighted by atomic mass is 10.2. The number of rotatable bonds is 1. The molecule has 0 aliphatic heterocycles.